The van der Waals surface area contributed by atoms with E-state index in [4.69, 9.17) is 11.6 Å². The van der Waals surface area contributed by atoms with Crippen LogP contribution in [0.4, 0.5) is 0 Å². The van der Waals surface area contributed by atoms with Crippen molar-refractivity contribution in [3.8, 4) is 0 Å². The molecule has 0 atom stereocenters. The minimum atomic E-state index is -0.107. The summed E-state index contributed by atoms with van der Waals surface area (Å²) in [7, 11) is 1.65. The molecule has 0 aliphatic heterocycles. The van der Waals surface area contributed by atoms with Gasteiger partial charge in [-0.2, -0.15) is 0 Å². The van der Waals surface area contributed by atoms with Crippen molar-refractivity contribution >= 4 is 38.4 Å². The van der Waals surface area contributed by atoms with Gasteiger partial charge in [-0.3, -0.25) is 4.79 Å². The summed E-state index contributed by atoms with van der Waals surface area (Å²) in [6.07, 6.45) is 1.49. The van der Waals surface area contributed by atoms with E-state index < -0.39 is 0 Å². The Labute approximate surface area is 93.5 Å². The first kappa shape index (κ1) is 9.68. The van der Waals surface area contributed by atoms with E-state index in [2.05, 4.69) is 20.9 Å². The van der Waals surface area contributed by atoms with Crippen LogP contribution in [0.2, 0.25) is 5.02 Å². The maximum Gasteiger partial charge on any atom is 0.262 e. The van der Waals surface area contributed by atoms with Crippen molar-refractivity contribution in [1.29, 1.82) is 0 Å². The molecule has 2 aromatic rings. The number of aryl methyl sites for hydroxylation is 1. The minimum Gasteiger partial charge on any atom is -0.302 e. The summed E-state index contributed by atoms with van der Waals surface area (Å²) in [6.45, 7) is 0. The fraction of sp³-hybridized carbons (Fsp3) is 0.111. The molecule has 1 heterocycles. The molecule has 72 valence electrons. The molecular formula is C9H6BrClN2O. The van der Waals surface area contributed by atoms with E-state index in [0.717, 1.165) is 0 Å². The predicted molar refractivity (Wildman–Crippen MR) is 59.7 cm³/mol. The molecule has 0 aliphatic rings. The Hall–Kier alpha value is -0.870. The topological polar surface area (TPSA) is 34.9 Å². The summed E-state index contributed by atoms with van der Waals surface area (Å²) in [5.74, 6) is 0. The largest absolute Gasteiger partial charge is 0.302 e. The number of hydrogen-bond acceptors (Lipinski definition) is 2. The van der Waals surface area contributed by atoms with Gasteiger partial charge in [-0.25, -0.2) is 4.98 Å². The van der Waals surface area contributed by atoms with Crippen molar-refractivity contribution < 1.29 is 0 Å². The fourth-order valence-electron chi connectivity index (χ4n) is 1.23. The second-order valence-corrected chi connectivity index (χ2v) is 4.12. The molecule has 3 nitrogen and oxygen atoms in total. The molecule has 0 spiro atoms. The van der Waals surface area contributed by atoms with Crippen LogP contribution in [-0.4, -0.2) is 9.55 Å². The molecule has 5 heteroatoms. The first-order valence-corrected chi connectivity index (χ1v) is 5.07. The number of nitrogens with zero attached hydrogens (tertiary/aromatic N) is 2. The third kappa shape index (κ3) is 1.35. The van der Waals surface area contributed by atoms with E-state index in [1.807, 2.05) is 0 Å². The minimum absolute atomic E-state index is 0.107. The number of benzene rings is 1. The quantitative estimate of drug-likeness (QED) is 0.738. The molecule has 0 fully saturated rings. The summed E-state index contributed by atoms with van der Waals surface area (Å²) in [4.78, 5) is 15.9. The maximum atomic E-state index is 11.7. The van der Waals surface area contributed by atoms with Crippen LogP contribution in [0.15, 0.2) is 27.7 Å². The van der Waals surface area contributed by atoms with Gasteiger partial charge >= 0.3 is 0 Å². The van der Waals surface area contributed by atoms with Crippen molar-refractivity contribution in [1.82, 2.24) is 9.55 Å². The van der Waals surface area contributed by atoms with Gasteiger partial charge in [0.25, 0.3) is 5.56 Å². The lowest BCUT2D eigenvalue weighted by Crippen LogP contribution is -2.17. The van der Waals surface area contributed by atoms with Gasteiger partial charge in [0, 0.05) is 7.05 Å². The van der Waals surface area contributed by atoms with Gasteiger partial charge in [-0.1, -0.05) is 11.6 Å². The standard InChI is InChI=1S/C9H6BrClN2O/c1-13-4-12-6-3-2-5(11)8(10)7(6)9(13)14/h2-4H,1H3. The smallest absolute Gasteiger partial charge is 0.262 e. The summed E-state index contributed by atoms with van der Waals surface area (Å²) in [5.41, 5.74) is 0.536. The van der Waals surface area contributed by atoms with Gasteiger partial charge in [-0.05, 0) is 28.1 Å². The Morgan fingerprint density at radius 1 is 1.50 bits per heavy atom. The second kappa shape index (κ2) is 3.37. The molecule has 0 N–H and O–H groups in total. The normalized spacial score (nSPS) is 10.8. The van der Waals surface area contributed by atoms with Gasteiger partial charge in [0.2, 0.25) is 0 Å². The van der Waals surface area contributed by atoms with E-state index in [9.17, 15) is 4.79 Å². The average Bonchev–Trinajstić information content (AvgIpc) is 2.17. The van der Waals surface area contributed by atoms with E-state index in [-0.39, 0.29) is 5.56 Å². The van der Waals surface area contributed by atoms with Gasteiger partial charge in [0.15, 0.2) is 0 Å². The number of hydrogen-bond donors (Lipinski definition) is 0. The van der Waals surface area contributed by atoms with E-state index in [1.54, 1.807) is 19.2 Å². The molecule has 2 rings (SSSR count). The molecule has 0 radical (unpaired) electrons. The van der Waals surface area contributed by atoms with Gasteiger partial charge < -0.3 is 4.57 Å². The highest BCUT2D eigenvalue weighted by atomic mass is 79.9. The Morgan fingerprint density at radius 3 is 2.93 bits per heavy atom. The van der Waals surface area contributed by atoms with Gasteiger partial charge in [0.1, 0.15) is 0 Å². The van der Waals surface area contributed by atoms with Crippen LogP contribution >= 0.6 is 27.5 Å². The molecule has 0 amide bonds. The average molecular weight is 274 g/mol. The Balaban J connectivity index is 3.06. The van der Waals surface area contributed by atoms with Gasteiger partial charge in [0.05, 0.1) is 26.7 Å². The Morgan fingerprint density at radius 2 is 2.21 bits per heavy atom. The van der Waals surface area contributed by atoms with Crippen LogP contribution in [0.5, 0.6) is 0 Å². The summed E-state index contributed by atoms with van der Waals surface area (Å²) >= 11 is 9.17. The molecule has 0 saturated heterocycles. The zero-order valence-corrected chi connectivity index (χ0v) is 9.63. The summed E-state index contributed by atoms with van der Waals surface area (Å²) < 4.78 is 2.02. The SMILES string of the molecule is Cn1cnc2ccc(Cl)c(Br)c2c1=O. The first-order valence-electron chi connectivity index (χ1n) is 3.90. The number of rotatable bonds is 0. The second-order valence-electron chi connectivity index (χ2n) is 2.92. The van der Waals surface area contributed by atoms with Crippen LogP contribution in [0, 0.1) is 0 Å². The van der Waals surface area contributed by atoms with Crippen LogP contribution < -0.4 is 5.56 Å². The van der Waals surface area contributed by atoms with Crippen molar-refractivity contribution in [2.75, 3.05) is 0 Å². The fourth-order valence-corrected chi connectivity index (χ4v) is 1.89. The number of halogens is 2. The zero-order chi connectivity index (χ0) is 10.3. The van der Waals surface area contributed by atoms with E-state index >= 15 is 0 Å². The molecule has 14 heavy (non-hydrogen) atoms. The molecule has 1 aromatic heterocycles. The zero-order valence-electron chi connectivity index (χ0n) is 7.29. The highest BCUT2D eigenvalue weighted by Gasteiger charge is 2.08. The van der Waals surface area contributed by atoms with E-state index in [1.165, 1.54) is 10.9 Å². The molecule has 0 unspecified atom stereocenters. The molecule has 0 saturated carbocycles. The highest BCUT2D eigenvalue weighted by Crippen LogP contribution is 2.27. The van der Waals surface area contributed by atoms with Crippen LogP contribution in [0.1, 0.15) is 0 Å². The van der Waals surface area contributed by atoms with Crippen LogP contribution in [0.25, 0.3) is 10.9 Å². The number of aromatic nitrogens is 2. The van der Waals surface area contributed by atoms with Crippen LogP contribution in [-0.2, 0) is 7.05 Å². The first-order chi connectivity index (χ1) is 6.61. The molecule has 0 bridgehead atoms. The third-order valence-corrected chi connectivity index (χ3v) is 3.34. The summed E-state index contributed by atoms with van der Waals surface area (Å²) in [5, 5.41) is 1.03. The Kier molecular flexibility index (Phi) is 2.33. The molecular weight excluding hydrogens is 267 g/mol. The predicted octanol–water partition coefficient (Wildman–Crippen LogP) is 2.35. The van der Waals surface area contributed by atoms with Gasteiger partial charge in [-0.15, -0.1) is 0 Å². The lowest BCUT2D eigenvalue weighted by Gasteiger charge is -2.03. The summed E-state index contributed by atoms with van der Waals surface area (Å²) in [6, 6.07) is 3.43. The van der Waals surface area contributed by atoms with Crippen molar-refractivity contribution in [2.24, 2.45) is 7.05 Å². The number of fused-ring (bicyclic) bond motifs is 1. The lowest BCUT2D eigenvalue weighted by atomic mass is 10.2. The molecule has 0 aliphatic carbocycles. The van der Waals surface area contributed by atoms with E-state index in [0.29, 0.717) is 20.4 Å². The lowest BCUT2D eigenvalue weighted by molar-refractivity contribution is 0.842. The Bertz CT molecular complexity index is 559. The van der Waals surface area contributed by atoms with Crippen molar-refractivity contribution in [3.05, 3.63) is 38.3 Å². The van der Waals surface area contributed by atoms with Crippen LogP contribution in [0.3, 0.4) is 0 Å². The molecule has 1 aromatic carbocycles. The third-order valence-electron chi connectivity index (χ3n) is 1.98. The monoisotopic (exact) mass is 272 g/mol. The highest BCUT2D eigenvalue weighted by molar-refractivity contribution is 9.10. The van der Waals surface area contributed by atoms with Crippen molar-refractivity contribution in [3.63, 3.8) is 0 Å². The maximum absolute atomic E-state index is 11.7. The van der Waals surface area contributed by atoms with Crippen molar-refractivity contribution in [2.45, 2.75) is 0 Å².